The molecular weight excluding hydrogens is 410 g/mol. The Kier molecular flexibility index (Phi) is 7.64. The summed E-state index contributed by atoms with van der Waals surface area (Å²) in [6.45, 7) is 8.56. The summed E-state index contributed by atoms with van der Waals surface area (Å²) in [5.74, 6) is -0.250. The fraction of sp³-hybridized carbons (Fsp3) is 0.375. The molecule has 1 amide bonds. The Morgan fingerprint density at radius 2 is 1.74 bits per heavy atom. The molecule has 1 heterocycles. The van der Waals surface area contributed by atoms with E-state index in [0.717, 1.165) is 17.7 Å². The number of carbonyl (C=O) groups is 1. The minimum atomic E-state index is -3.64. The average Bonchev–Trinajstić information content (AvgIpc) is 2.74. The van der Waals surface area contributed by atoms with Crippen molar-refractivity contribution >= 4 is 22.0 Å². The summed E-state index contributed by atoms with van der Waals surface area (Å²) in [4.78, 5) is 14.9. The van der Waals surface area contributed by atoms with Crippen molar-refractivity contribution in [2.24, 2.45) is 0 Å². The van der Waals surface area contributed by atoms with Crippen LogP contribution in [0.4, 0.5) is 0 Å². The highest BCUT2D eigenvalue weighted by atomic mass is 32.2. The predicted molar refractivity (Wildman–Crippen MR) is 124 cm³/mol. The highest BCUT2D eigenvalue weighted by Crippen LogP contribution is 2.21. The van der Waals surface area contributed by atoms with E-state index in [0.29, 0.717) is 31.7 Å². The second-order valence-electron chi connectivity index (χ2n) is 8.12. The highest BCUT2D eigenvalue weighted by Gasteiger charge is 2.29. The van der Waals surface area contributed by atoms with Gasteiger partial charge in [0.15, 0.2) is 0 Å². The van der Waals surface area contributed by atoms with Crippen molar-refractivity contribution in [1.82, 2.24) is 14.5 Å². The lowest BCUT2D eigenvalue weighted by molar-refractivity contribution is 0.0942. The Morgan fingerprint density at radius 3 is 2.39 bits per heavy atom. The van der Waals surface area contributed by atoms with Gasteiger partial charge in [0, 0.05) is 44.3 Å². The SMILES string of the molecule is Cc1ccc(S(=O)(=O)N2CCN(C/C=C/c3ccccc3)CC2)cc1C(=O)NC(C)C. The van der Waals surface area contributed by atoms with E-state index in [-0.39, 0.29) is 16.8 Å². The molecule has 1 aliphatic heterocycles. The molecular formula is C24H31N3O3S. The monoisotopic (exact) mass is 441 g/mol. The molecule has 1 N–H and O–H groups in total. The summed E-state index contributed by atoms with van der Waals surface area (Å²) in [6, 6.07) is 14.9. The van der Waals surface area contributed by atoms with Crippen LogP contribution < -0.4 is 5.32 Å². The van der Waals surface area contributed by atoms with Gasteiger partial charge in [0.1, 0.15) is 0 Å². The van der Waals surface area contributed by atoms with Gasteiger partial charge in [-0.05, 0) is 44.0 Å². The van der Waals surface area contributed by atoms with Crippen LogP contribution in [-0.2, 0) is 10.0 Å². The van der Waals surface area contributed by atoms with E-state index in [2.05, 4.69) is 34.5 Å². The number of amides is 1. The molecule has 7 heteroatoms. The van der Waals surface area contributed by atoms with Gasteiger partial charge in [0.25, 0.3) is 5.91 Å². The molecule has 1 aliphatic rings. The summed E-state index contributed by atoms with van der Waals surface area (Å²) < 4.78 is 27.8. The third-order valence-electron chi connectivity index (χ3n) is 5.32. The fourth-order valence-corrected chi connectivity index (χ4v) is 5.00. The maximum atomic E-state index is 13.2. The number of nitrogens with zero attached hydrogens (tertiary/aromatic N) is 2. The van der Waals surface area contributed by atoms with Crippen LogP contribution in [0.15, 0.2) is 59.5 Å². The number of nitrogens with one attached hydrogen (secondary N) is 1. The number of rotatable bonds is 7. The molecule has 31 heavy (non-hydrogen) atoms. The van der Waals surface area contributed by atoms with Gasteiger partial charge in [0.05, 0.1) is 4.90 Å². The summed E-state index contributed by atoms with van der Waals surface area (Å²) in [5.41, 5.74) is 2.31. The first-order chi connectivity index (χ1) is 14.8. The minimum Gasteiger partial charge on any atom is -0.350 e. The number of carbonyl (C=O) groups excluding carboxylic acids is 1. The number of sulfonamides is 1. The molecule has 2 aromatic rings. The second kappa shape index (κ2) is 10.2. The van der Waals surface area contributed by atoms with Gasteiger partial charge < -0.3 is 5.32 Å². The van der Waals surface area contributed by atoms with Crippen LogP contribution in [0.2, 0.25) is 0 Å². The van der Waals surface area contributed by atoms with Crippen LogP contribution in [0.3, 0.4) is 0 Å². The van der Waals surface area contributed by atoms with Crippen molar-refractivity contribution in [3.63, 3.8) is 0 Å². The Labute approximate surface area is 185 Å². The number of piperazine rings is 1. The predicted octanol–water partition coefficient (Wildman–Crippen LogP) is 3.15. The maximum Gasteiger partial charge on any atom is 0.251 e. The third-order valence-corrected chi connectivity index (χ3v) is 7.21. The lowest BCUT2D eigenvalue weighted by Crippen LogP contribution is -2.48. The van der Waals surface area contributed by atoms with Crippen LogP contribution in [0.1, 0.15) is 35.3 Å². The molecule has 0 aliphatic carbocycles. The molecule has 6 nitrogen and oxygen atoms in total. The van der Waals surface area contributed by atoms with E-state index >= 15 is 0 Å². The fourth-order valence-electron chi connectivity index (χ4n) is 3.55. The molecule has 0 atom stereocenters. The average molecular weight is 442 g/mol. The third kappa shape index (κ3) is 6.03. The first-order valence-corrected chi connectivity index (χ1v) is 12.1. The summed E-state index contributed by atoms with van der Waals surface area (Å²) >= 11 is 0. The van der Waals surface area contributed by atoms with Crippen molar-refractivity contribution in [2.75, 3.05) is 32.7 Å². The Morgan fingerprint density at radius 1 is 1.06 bits per heavy atom. The normalized spacial score (nSPS) is 16.1. The number of hydrogen-bond acceptors (Lipinski definition) is 4. The summed E-state index contributed by atoms with van der Waals surface area (Å²) in [5, 5.41) is 2.83. The smallest absolute Gasteiger partial charge is 0.251 e. The van der Waals surface area contributed by atoms with E-state index in [9.17, 15) is 13.2 Å². The van der Waals surface area contributed by atoms with Gasteiger partial charge in [-0.2, -0.15) is 4.31 Å². The second-order valence-corrected chi connectivity index (χ2v) is 10.1. The van der Waals surface area contributed by atoms with Crippen LogP contribution >= 0.6 is 0 Å². The van der Waals surface area contributed by atoms with Crippen molar-refractivity contribution in [3.8, 4) is 0 Å². The first kappa shape index (κ1) is 23.2. The van der Waals surface area contributed by atoms with E-state index in [1.165, 1.54) is 10.4 Å². The van der Waals surface area contributed by atoms with Crippen molar-refractivity contribution < 1.29 is 13.2 Å². The number of hydrogen-bond donors (Lipinski definition) is 1. The van der Waals surface area contributed by atoms with E-state index in [1.54, 1.807) is 12.1 Å². The van der Waals surface area contributed by atoms with Crippen molar-refractivity contribution in [2.45, 2.75) is 31.7 Å². The minimum absolute atomic E-state index is 0.0174. The Balaban J connectivity index is 1.63. The molecule has 3 rings (SSSR count). The van der Waals surface area contributed by atoms with Gasteiger partial charge in [-0.1, -0.05) is 48.6 Å². The lowest BCUT2D eigenvalue weighted by Gasteiger charge is -2.33. The number of aryl methyl sites for hydroxylation is 1. The van der Waals surface area contributed by atoms with E-state index in [1.807, 2.05) is 39.0 Å². The molecule has 0 aromatic heterocycles. The molecule has 0 radical (unpaired) electrons. The van der Waals surface area contributed by atoms with E-state index in [4.69, 9.17) is 0 Å². The maximum absolute atomic E-state index is 13.2. The zero-order valence-corrected chi connectivity index (χ0v) is 19.2. The van der Waals surface area contributed by atoms with Gasteiger partial charge in [-0.15, -0.1) is 0 Å². The zero-order chi connectivity index (χ0) is 22.4. The molecule has 166 valence electrons. The Hall–Kier alpha value is -2.48. The molecule has 0 unspecified atom stereocenters. The van der Waals surface area contributed by atoms with Gasteiger partial charge in [-0.25, -0.2) is 8.42 Å². The van der Waals surface area contributed by atoms with Gasteiger partial charge in [0.2, 0.25) is 10.0 Å². The Bertz CT molecular complexity index is 1030. The topological polar surface area (TPSA) is 69.7 Å². The highest BCUT2D eigenvalue weighted by molar-refractivity contribution is 7.89. The summed E-state index contributed by atoms with van der Waals surface area (Å²) in [7, 11) is -3.64. The molecule has 1 fully saturated rings. The molecule has 0 bridgehead atoms. The van der Waals surface area contributed by atoms with Crippen molar-refractivity contribution in [3.05, 3.63) is 71.3 Å². The number of benzene rings is 2. The molecule has 2 aromatic carbocycles. The first-order valence-electron chi connectivity index (χ1n) is 10.6. The van der Waals surface area contributed by atoms with E-state index < -0.39 is 10.0 Å². The van der Waals surface area contributed by atoms with Gasteiger partial charge >= 0.3 is 0 Å². The zero-order valence-electron chi connectivity index (χ0n) is 18.4. The molecule has 0 spiro atoms. The lowest BCUT2D eigenvalue weighted by atomic mass is 10.1. The molecule has 0 saturated carbocycles. The summed E-state index contributed by atoms with van der Waals surface area (Å²) in [6.07, 6.45) is 4.19. The largest absolute Gasteiger partial charge is 0.350 e. The quantitative estimate of drug-likeness (QED) is 0.717. The van der Waals surface area contributed by atoms with Crippen LogP contribution in [-0.4, -0.2) is 62.3 Å². The van der Waals surface area contributed by atoms with Crippen molar-refractivity contribution in [1.29, 1.82) is 0 Å². The van der Waals surface area contributed by atoms with Crippen LogP contribution in [0, 0.1) is 6.92 Å². The standard InChI is InChI=1S/C24H31N3O3S/c1-19(2)25-24(28)23-18-22(12-11-20(23)3)31(29,30)27-16-14-26(15-17-27)13-7-10-21-8-5-4-6-9-21/h4-12,18-19H,13-17H2,1-3H3,(H,25,28)/b10-7+. The molecule has 1 saturated heterocycles. The van der Waals surface area contributed by atoms with Crippen LogP contribution in [0.5, 0.6) is 0 Å². The van der Waals surface area contributed by atoms with Gasteiger partial charge in [-0.3, -0.25) is 9.69 Å². The van der Waals surface area contributed by atoms with Crippen LogP contribution in [0.25, 0.3) is 6.08 Å².